The number of hydrogen-bond acceptors (Lipinski definition) is 3. The first-order valence-electron chi connectivity index (χ1n) is 6.47. The van der Waals surface area contributed by atoms with Gasteiger partial charge in [0, 0.05) is 11.4 Å². The van der Waals surface area contributed by atoms with Crippen LogP contribution in [0.15, 0.2) is 22.5 Å². The summed E-state index contributed by atoms with van der Waals surface area (Å²) in [6.45, 7) is 1.21. The second-order valence-electron chi connectivity index (χ2n) is 4.89. The average molecular weight is 395 g/mol. The molecule has 1 saturated carbocycles. The molecule has 0 atom stereocenters. The lowest BCUT2D eigenvalue weighted by atomic mass is 10.0. The zero-order valence-corrected chi connectivity index (χ0v) is 14.1. The van der Waals surface area contributed by atoms with Crippen molar-refractivity contribution in [2.24, 2.45) is 10.7 Å². The van der Waals surface area contributed by atoms with E-state index in [9.17, 15) is 5.11 Å². The minimum Gasteiger partial charge on any atom is -0.388 e. The van der Waals surface area contributed by atoms with Gasteiger partial charge in [-0.2, -0.15) is 0 Å². The first-order valence-corrected chi connectivity index (χ1v) is 7.34. The molecule has 1 aliphatic carbocycles. The average Bonchev–Trinajstić information content (AvgIpc) is 2.99. The number of aliphatic hydroxyl groups is 1. The topological polar surface area (TPSA) is 70.6 Å². The molecule has 0 bridgehead atoms. The summed E-state index contributed by atoms with van der Waals surface area (Å²) in [7, 11) is 0. The quantitative estimate of drug-likeness (QED) is 0.406. The van der Waals surface area contributed by atoms with Crippen molar-refractivity contribution >= 4 is 41.3 Å². The molecule has 1 aliphatic rings. The summed E-state index contributed by atoms with van der Waals surface area (Å²) < 4.78 is 0. The summed E-state index contributed by atoms with van der Waals surface area (Å²) in [6.07, 6.45) is 4.84. The van der Waals surface area contributed by atoms with Crippen molar-refractivity contribution in [3.63, 3.8) is 0 Å². The van der Waals surface area contributed by atoms with Gasteiger partial charge in [0.1, 0.15) is 0 Å². The highest BCUT2D eigenvalue weighted by atomic mass is 127. The summed E-state index contributed by atoms with van der Waals surface area (Å²) >= 11 is 1.75. The monoisotopic (exact) mass is 395 g/mol. The van der Waals surface area contributed by atoms with Crippen LogP contribution in [0.1, 0.15) is 30.6 Å². The predicted molar refractivity (Wildman–Crippen MR) is 91.3 cm³/mol. The predicted octanol–water partition coefficient (Wildman–Crippen LogP) is 2.12. The zero-order valence-electron chi connectivity index (χ0n) is 11.0. The largest absolute Gasteiger partial charge is 0.388 e. The van der Waals surface area contributed by atoms with Crippen LogP contribution in [0.25, 0.3) is 0 Å². The standard InChI is InChI=1S/C13H21N3OS.HI/c14-12(15-8-5-11-4-3-9-18-11)16-10-13(17)6-1-2-7-13;/h3-4,9,17H,1-2,5-8,10H2,(H3,14,15,16);1H. The SMILES string of the molecule is I.NC(=NCC1(O)CCCC1)NCCc1cccs1. The van der Waals surface area contributed by atoms with Gasteiger partial charge in [0.05, 0.1) is 12.1 Å². The third-order valence-corrected chi connectivity index (χ3v) is 4.27. The van der Waals surface area contributed by atoms with E-state index in [0.29, 0.717) is 12.5 Å². The number of nitrogens with zero attached hydrogens (tertiary/aromatic N) is 1. The summed E-state index contributed by atoms with van der Waals surface area (Å²) in [4.78, 5) is 5.57. The Morgan fingerprint density at radius 1 is 1.47 bits per heavy atom. The van der Waals surface area contributed by atoms with Crippen molar-refractivity contribution in [2.45, 2.75) is 37.7 Å². The molecule has 1 aromatic heterocycles. The summed E-state index contributed by atoms with van der Waals surface area (Å²) in [6, 6.07) is 4.16. The van der Waals surface area contributed by atoms with Crippen LogP contribution in [0.2, 0.25) is 0 Å². The van der Waals surface area contributed by atoms with Crippen molar-refractivity contribution < 1.29 is 5.11 Å². The molecule has 0 radical (unpaired) electrons. The highest BCUT2D eigenvalue weighted by Gasteiger charge is 2.30. The maximum absolute atomic E-state index is 10.1. The minimum atomic E-state index is -0.611. The Hall–Kier alpha value is -0.340. The van der Waals surface area contributed by atoms with E-state index in [0.717, 1.165) is 38.6 Å². The fourth-order valence-electron chi connectivity index (χ4n) is 2.25. The van der Waals surface area contributed by atoms with Gasteiger partial charge in [0.15, 0.2) is 5.96 Å². The maximum Gasteiger partial charge on any atom is 0.188 e. The first-order chi connectivity index (χ1) is 8.68. The third kappa shape index (κ3) is 5.66. The van der Waals surface area contributed by atoms with Gasteiger partial charge < -0.3 is 16.2 Å². The van der Waals surface area contributed by atoms with Crippen molar-refractivity contribution in [3.05, 3.63) is 22.4 Å². The lowest BCUT2D eigenvalue weighted by Gasteiger charge is -2.19. The van der Waals surface area contributed by atoms with Crippen molar-refractivity contribution in [2.75, 3.05) is 13.1 Å². The van der Waals surface area contributed by atoms with Gasteiger partial charge >= 0.3 is 0 Å². The molecular formula is C13H22IN3OS. The fourth-order valence-corrected chi connectivity index (χ4v) is 2.96. The Bertz CT molecular complexity index is 389. The van der Waals surface area contributed by atoms with Crippen molar-refractivity contribution in [3.8, 4) is 0 Å². The van der Waals surface area contributed by atoms with E-state index in [4.69, 9.17) is 5.73 Å². The van der Waals surface area contributed by atoms with Crippen LogP contribution in [0, 0.1) is 0 Å². The van der Waals surface area contributed by atoms with E-state index in [1.54, 1.807) is 11.3 Å². The first kappa shape index (κ1) is 16.7. The van der Waals surface area contributed by atoms with Crippen molar-refractivity contribution in [1.82, 2.24) is 5.32 Å². The number of nitrogens with one attached hydrogen (secondary N) is 1. The van der Waals surface area contributed by atoms with Gasteiger partial charge in [0.2, 0.25) is 0 Å². The van der Waals surface area contributed by atoms with E-state index in [-0.39, 0.29) is 24.0 Å². The summed E-state index contributed by atoms with van der Waals surface area (Å²) in [5, 5.41) is 15.3. The second-order valence-corrected chi connectivity index (χ2v) is 5.92. The van der Waals surface area contributed by atoms with E-state index in [2.05, 4.69) is 21.8 Å². The maximum atomic E-state index is 10.1. The zero-order chi connectivity index (χ0) is 12.8. The Morgan fingerprint density at radius 3 is 2.84 bits per heavy atom. The lowest BCUT2D eigenvalue weighted by molar-refractivity contribution is 0.0575. The molecule has 4 nitrogen and oxygen atoms in total. The molecule has 0 spiro atoms. The van der Waals surface area contributed by atoms with Gasteiger partial charge in [-0.25, -0.2) is 0 Å². The summed E-state index contributed by atoms with van der Waals surface area (Å²) in [5.41, 5.74) is 5.17. The summed E-state index contributed by atoms with van der Waals surface area (Å²) in [5.74, 6) is 0.437. The molecule has 0 amide bonds. The number of aliphatic imine (C=N–C) groups is 1. The Morgan fingerprint density at radius 2 is 2.21 bits per heavy atom. The molecule has 6 heteroatoms. The van der Waals surface area contributed by atoms with Gasteiger partial charge in [-0.15, -0.1) is 35.3 Å². The lowest BCUT2D eigenvalue weighted by Crippen LogP contribution is -2.36. The Kier molecular flexibility index (Phi) is 7.09. The number of halogens is 1. The van der Waals surface area contributed by atoms with E-state index < -0.39 is 5.60 Å². The van der Waals surface area contributed by atoms with Crippen LogP contribution in [0.3, 0.4) is 0 Å². The molecule has 19 heavy (non-hydrogen) atoms. The normalized spacial score (nSPS) is 18.1. The molecule has 1 heterocycles. The molecule has 2 rings (SSSR count). The molecule has 0 saturated heterocycles. The number of thiophene rings is 1. The van der Waals surface area contributed by atoms with Gasteiger partial charge in [-0.3, -0.25) is 4.99 Å². The molecule has 0 aliphatic heterocycles. The molecule has 1 aromatic rings. The van der Waals surface area contributed by atoms with Crippen LogP contribution in [0.4, 0.5) is 0 Å². The Balaban J connectivity index is 0.00000180. The number of rotatable bonds is 5. The molecule has 0 unspecified atom stereocenters. The highest BCUT2D eigenvalue weighted by molar-refractivity contribution is 14.0. The minimum absolute atomic E-state index is 0. The van der Waals surface area contributed by atoms with Crippen molar-refractivity contribution in [1.29, 1.82) is 0 Å². The second kappa shape index (κ2) is 8.06. The third-order valence-electron chi connectivity index (χ3n) is 3.34. The smallest absolute Gasteiger partial charge is 0.188 e. The van der Waals surface area contributed by atoms with Gasteiger partial charge in [-0.05, 0) is 30.7 Å². The molecule has 1 fully saturated rings. The molecule has 108 valence electrons. The Labute approximate surface area is 135 Å². The van der Waals surface area contributed by atoms with Crippen LogP contribution >= 0.6 is 35.3 Å². The molecular weight excluding hydrogens is 373 g/mol. The fraction of sp³-hybridized carbons (Fsp3) is 0.615. The van der Waals surface area contributed by atoms with E-state index in [1.165, 1.54) is 4.88 Å². The highest BCUT2D eigenvalue weighted by Crippen LogP contribution is 2.29. The van der Waals surface area contributed by atoms with Crippen LogP contribution in [-0.2, 0) is 6.42 Å². The van der Waals surface area contributed by atoms with Crippen LogP contribution in [0.5, 0.6) is 0 Å². The van der Waals surface area contributed by atoms with Gasteiger partial charge in [-0.1, -0.05) is 18.9 Å². The van der Waals surface area contributed by atoms with Gasteiger partial charge in [0.25, 0.3) is 0 Å². The molecule has 4 N–H and O–H groups in total. The van der Waals surface area contributed by atoms with Crippen LogP contribution < -0.4 is 11.1 Å². The number of guanidine groups is 1. The number of hydrogen-bond donors (Lipinski definition) is 3. The molecule has 0 aromatic carbocycles. The number of nitrogens with two attached hydrogens (primary N) is 1. The van der Waals surface area contributed by atoms with E-state index in [1.807, 2.05) is 6.07 Å². The van der Waals surface area contributed by atoms with E-state index >= 15 is 0 Å². The van der Waals surface area contributed by atoms with Crippen LogP contribution in [-0.4, -0.2) is 29.8 Å².